The van der Waals surface area contributed by atoms with Crippen LogP contribution in [0.5, 0.6) is 11.5 Å². The van der Waals surface area contributed by atoms with Crippen molar-refractivity contribution in [3.05, 3.63) is 24.3 Å². The van der Waals surface area contributed by atoms with E-state index in [1.807, 2.05) is 38.1 Å². The SMILES string of the molecule is CCCOC1C(=O)CC1Oc1cccc(OCC)c1. The lowest BCUT2D eigenvalue weighted by molar-refractivity contribution is -0.154. The summed E-state index contributed by atoms with van der Waals surface area (Å²) < 4.78 is 16.7. The zero-order valence-corrected chi connectivity index (χ0v) is 11.4. The van der Waals surface area contributed by atoms with Gasteiger partial charge in [-0.05, 0) is 25.5 Å². The highest BCUT2D eigenvalue weighted by Crippen LogP contribution is 2.27. The number of ketones is 1. The summed E-state index contributed by atoms with van der Waals surface area (Å²) in [5.41, 5.74) is 0. The van der Waals surface area contributed by atoms with Gasteiger partial charge in [0, 0.05) is 19.1 Å². The lowest BCUT2D eigenvalue weighted by atomic mass is 9.90. The van der Waals surface area contributed by atoms with Gasteiger partial charge in [-0.15, -0.1) is 0 Å². The maximum Gasteiger partial charge on any atom is 0.169 e. The summed E-state index contributed by atoms with van der Waals surface area (Å²) in [5.74, 6) is 1.62. The second-order valence-electron chi connectivity index (χ2n) is 4.53. The van der Waals surface area contributed by atoms with Crippen molar-refractivity contribution >= 4 is 5.78 Å². The lowest BCUT2D eigenvalue weighted by Crippen LogP contribution is -2.52. The van der Waals surface area contributed by atoms with Crippen molar-refractivity contribution in [3.63, 3.8) is 0 Å². The molecule has 1 fully saturated rings. The summed E-state index contributed by atoms with van der Waals surface area (Å²) in [5, 5.41) is 0. The minimum atomic E-state index is -0.407. The van der Waals surface area contributed by atoms with Crippen LogP contribution in [0.15, 0.2) is 24.3 Å². The van der Waals surface area contributed by atoms with Gasteiger partial charge in [-0.1, -0.05) is 13.0 Å². The molecule has 0 aromatic heterocycles. The highest BCUT2D eigenvalue weighted by molar-refractivity contribution is 5.90. The molecule has 1 aromatic rings. The smallest absolute Gasteiger partial charge is 0.169 e. The minimum Gasteiger partial charge on any atom is -0.494 e. The fourth-order valence-corrected chi connectivity index (χ4v) is 2.00. The molecule has 2 atom stereocenters. The van der Waals surface area contributed by atoms with E-state index in [1.54, 1.807) is 0 Å². The number of ether oxygens (including phenoxy) is 3. The van der Waals surface area contributed by atoms with E-state index in [-0.39, 0.29) is 11.9 Å². The highest BCUT2D eigenvalue weighted by Gasteiger charge is 2.42. The molecule has 0 saturated heterocycles. The third-order valence-corrected chi connectivity index (χ3v) is 2.96. The molecule has 4 nitrogen and oxygen atoms in total. The first-order valence-corrected chi connectivity index (χ1v) is 6.78. The summed E-state index contributed by atoms with van der Waals surface area (Å²) in [7, 11) is 0. The molecule has 0 aliphatic heterocycles. The molecule has 2 unspecified atom stereocenters. The third-order valence-electron chi connectivity index (χ3n) is 2.96. The number of hydrogen-bond donors (Lipinski definition) is 0. The molecule has 0 N–H and O–H groups in total. The Morgan fingerprint density at radius 1 is 1.26 bits per heavy atom. The third kappa shape index (κ3) is 3.47. The van der Waals surface area contributed by atoms with E-state index in [0.29, 0.717) is 25.4 Å². The van der Waals surface area contributed by atoms with Gasteiger partial charge >= 0.3 is 0 Å². The average Bonchev–Trinajstić information content (AvgIpc) is 2.39. The molecular formula is C15H20O4. The van der Waals surface area contributed by atoms with Crippen LogP contribution in [-0.4, -0.2) is 31.2 Å². The summed E-state index contributed by atoms with van der Waals surface area (Å²) in [4.78, 5) is 11.5. The maximum absolute atomic E-state index is 11.5. The first kappa shape index (κ1) is 13.9. The number of carbonyl (C=O) groups is 1. The normalized spacial score (nSPS) is 21.9. The molecule has 104 valence electrons. The van der Waals surface area contributed by atoms with E-state index < -0.39 is 6.10 Å². The summed E-state index contributed by atoms with van der Waals surface area (Å²) in [6, 6.07) is 7.46. The molecular weight excluding hydrogens is 244 g/mol. The van der Waals surface area contributed by atoms with Crippen LogP contribution in [0.2, 0.25) is 0 Å². The van der Waals surface area contributed by atoms with Gasteiger partial charge in [0.05, 0.1) is 6.61 Å². The summed E-state index contributed by atoms with van der Waals surface area (Å²) >= 11 is 0. The molecule has 0 bridgehead atoms. The fourth-order valence-electron chi connectivity index (χ4n) is 2.00. The Labute approximate surface area is 113 Å². The molecule has 0 amide bonds. The topological polar surface area (TPSA) is 44.8 Å². The van der Waals surface area contributed by atoms with E-state index in [2.05, 4.69) is 0 Å². The molecule has 0 spiro atoms. The first-order chi connectivity index (χ1) is 9.24. The Morgan fingerprint density at radius 2 is 2.05 bits per heavy atom. The van der Waals surface area contributed by atoms with Crippen molar-refractivity contribution < 1.29 is 19.0 Å². The maximum atomic E-state index is 11.5. The largest absolute Gasteiger partial charge is 0.494 e. The van der Waals surface area contributed by atoms with Crippen molar-refractivity contribution in [2.45, 2.75) is 38.9 Å². The van der Waals surface area contributed by atoms with Gasteiger partial charge in [-0.25, -0.2) is 0 Å². The molecule has 19 heavy (non-hydrogen) atoms. The predicted molar refractivity (Wildman–Crippen MR) is 71.7 cm³/mol. The van der Waals surface area contributed by atoms with E-state index in [4.69, 9.17) is 14.2 Å². The van der Waals surface area contributed by atoms with Gasteiger partial charge in [0.25, 0.3) is 0 Å². The number of rotatable bonds is 7. The van der Waals surface area contributed by atoms with Crippen LogP contribution in [0.3, 0.4) is 0 Å². The molecule has 0 heterocycles. The Morgan fingerprint density at radius 3 is 2.74 bits per heavy atom. The van der Waals surface area contributed by atoms with Crippen LogP contribution in [0, 0.1) is 0 Å². The predicted octanol–water partition coefficient (Wildman–Crippen LogP) is 2.60. The molecule has 1 saturated carbocycles. The van der Waals surface area contributed by atoms with Crippen molar-refractivity contribution in [1.29, 1.82) is 0 Å². The zero-order chi connectivity index (χ0) is 13.7. The van der Waals surface area contributed by atoms with Crippen molar-refractivity contribution in [2.75, 3.05) is 13.2 Å². The molecule has 2 rings (SSSR count). The highest BCUT2D eigenvalue weighted by atomic mass is 16.5. The average molecular weight is 264 g/mol. The van der Waals surface area contributed by atoms with Crippen LogP contribution in [0.4, 0.5) is 0 Å². The Kier molecular flexibility index (Phi) is 4.80. The van der Waals surface area contributed by atoms with Gasteiger partial charge < -0.3 is 14.2 Å². The van der Waals surface area contributed by atoms with Crippen LogP contribution in [-0.2, 0) is 9.53 Å². The van der Waals surface area contributed by atoms with Crippen LogP contribution in [0.25, 0.3) is 0 Å². The molecule has 1 aliphatic rings. The first-order valence-electron chi connectivity index (χ1n) is 6.78. The number of benzene rings is 1. The van der Waals surface area contributed by atoms with Gasteiger partial charge in [-0.2, -0.15) is 0 Å². The van der Waals surface area contributed by atoms with Crippen molar-refractivity contribution in [1.82, 2.24) is 0 Å². The fraction of sp³-hybridized carbons (Fsp3) is 0.533. The summed E-state index contributed by atoms with van der Waals surface area (Å²) in [6.07, 6.45) is 0.746. The standard InChI is InChI=1S/C15H20O4/c1-3-8-18-15-13(16)10-14(15)19-12-7-5-6-11(9-12)17-4-2/h5-7,9,14-15H,3-4,8,10H2,1-2H3. The summed E-state index contributed by atoms with van der Waals surface area (Å²) in [6.45, 7) is 5.17. The van der Waals surface area contributed by atoms with Crippen LogP contribution >= 0.6 is 0 Å². The van der Waals surface area contributed by atoms with Crippen LogP contribution in [0.1, 0.15) is 26.7 Å². The van der Waals surface area contributed by atoms with E-state index in [9.17, 15) is 4.79 Å². The van der Waals surface area contributed by atoms with Crippen LogP contribution < -0.4 is 9.47 Å². The van der Waals surface area contributed by atoms with Gasteiger partial charge in [0.2, 0.25) is 0 Å². The molecule has 4 heteroatoms. The second kappa shape index (κ2) is 6.57. The van der Waals surface area contributed by atoms with Gasteiger partial charge in [-0.3, -0.25) is 4.79 Å². The quantitative estimate of drug-likeness (QED) is 0.759. The van der Waals surface area contributed by atoms with Gasteiger partial charge in [0.15, 0.2) is 11.9 Å². The minimum absolute atomic E-state index is 0.124. The number of carbonyl (C=O) groups excluding carboxylic acids is 1. The second-order valence-corrected chi connectivity index (χ2v) is 4.53. The van der Waals surface area contributed by atoms with E-state index >= 15 is 0 Å². The van der Waals surface area contributed by atoms with E-state index in [1.165, 1.54) is 0 Å². The number of hydrogen-bond acceptors (Lipinski definition) is 4. The number of Topliss-reactive ketones (excluding diaryl/α,β-unsaturated/α-hetero) is 1. The molecule has 1 aromatic carbocycles. The van der Waals surface area contributed by atoms with E-state index in [0.717, 1.165) is 12.2 Å². The Balaban J connectivity index is 1.93. The zero-order valence-electron chi connectivity index (χ0n) is 11.4. The molecule has 0 radical (unpaired) electrons. The Bertz CT molecular complexity index is 430. The van der Waals surface area contributed by atoms with Crippen molar-refractivity contribution in [3.8, 4) is 11.5 Å². The van der Waals surface area contributed by atoms with Crippen molar-refractivity contribution in [2.24, 2.45) is 0 Å². The monoisotopic (exact) mass is 264 g/mol. The Hall–Kier alpha value is -1.55. The molecule has 1 aliphatic carbocycles. The lowest BCUT2D eigenvalue weighted by Gasteiger charge is -2.34. The van der Waals surface area contributed by atoms with Gasteiger partial charge in [0.1, 0.15) is 17.6 Å².